The van der Waals surface area contributed by atoms with Crippen LogP contribution in [0, 0.1) is 0 Å². The summed E-state index contributed by atoms with van der Waals surface area (Å²) in [5, 5.41) is 8.98. The highest BCUT2D eigenvalue weighted by Crippen LogP contribution is 2.15. The first kappa shape index (κ1) is 13.7. The fourth-order valence-electron chi connectivity index (χ4n) is 1.60. The van der Waals surface area contributed by atoms with Crippen molar-refractivity contribution < 1.29 is 19.1 Å². The van der Waals surface area contributed by atoms with E-state index in [9.17, 15) is 4.79 Å². The van der Waals surface area contributed by atoms with Gasteiger partial charge in [-0.05, 0) is 19.9 Å². The lowest BCUT2D eigenvalue weighted by Crippen LogP contribution is -2.33. The highest BCUT2D eigenvalue weighted by Gasteiger charge is 2.19. The Hall–Kier alpha value is -1.33. The smallest absolute Gasteiger partial charge is 0.374 e. The van der Waals surface area contributed by atoms with Crippen molar-refractivity contribution in [2.75, 3.05) is 20.3 Å². The number of aliphatic hydroxyl groups excluding tert-OH is 1. The summed E-state index contributed by atoms with van der Waals surface area (Å²) in [6, 6.07) is 2.03. The largest absolute Gasteiger partial charge is 0.463 e. The predicted molar refractivity (Wildman–Crippen MR) is 62.7 cm³/mol. The molecule has 0 atom stereocenters. The fourth-order valence-corrected chi connectivity index (χ4v) is 1.60. The number of furan rings is 1. The maximum absolute atomic E-state index is 11.4. The van der Waals surface area contributed by atoms with Gasteiger partial charge in [-0.3, -0.25) is 4.90 Å². The van der Waals surface area contributed by atoms with Crippen LogP contribution in [-0.4, -0.2) is 42.3 Å². The van der Waals surface area contributed by atoms with Crippen LogP contribution in [0.4, 0.5) is 0 Å². The zero-order valence-electron chi connectivity index (χ0n) is 10.5. The lowest BCUT2D eigenvalue weighted by Gasteiger charge is -2.25. The van der Waals surface area contributed by atoms with Gasteiger partial charge in [-0.15, -0.1) is 0 Å². The van der Waals surface area contributed by atoms with Gasteiger partial charge in [0.1, 0.15) is 0 Å². The van der Waals surface area contributed by atoms with Gasteiger partial charge in [-0.25, -0.2) is 4.79 Å². The van der Waals surface area contributed by atoms with E-state index in [1.807, 2.05) is 13.8 Å². The van der Waals surface area contributed by atoms with Gasteiger partial charge in [0.25, 0.3) is 0 Å². The van der Waals surface area contributed by atoms with E-state index in [0.29, 0.717) is 13.1 Å². The van der Waals surface area contributed by atoms with E-state index < -0.39 is 5.97 Å². The monoisotopic (exact) mass is 241 g/mol. The predicted octanol–water partition coefficient (Wildman–Crippen LogP) is 1.27. The van der Waals surface area contributed by atoms with Crippen LogP contribution in [0.2, 0.25) is 0 Å². The molecule has 1 aromatic rings. The number of methoxy groups -OCH3 is 1. The Morgan fingerprint density at radius 1 is 1.59 bits per heavy atom. The molecule has 5 nitrogen and oxygen atoms in total. The molecule has 0 aliphatic rings. The van der Waals surface area contributed by atoms with Crippen molar-refractivity contribution in [3.63, 3.8) is 0 Å². The van der Waals surface area contributed by atoms with Gasteiger partial charge in [0, 0.05) is 24.7 Å². The van der Waals surface area contributed by atoms with Crippen LogP contribution in [0.25, 0.3) is 0 Å². The molecule has 1 heterocycles. The van der Waals surface area contributed by atoms with Crippen LogP contribution in [0.15, 0.2) is 16.7 Å². The fraction of sp³-hybridized carbons (Fsp3) is 0.583. The quantitative estimate of drug-likeness (QED) is 0.760. The molecule has 0 saturated heterocycles. The zero-order chi connectivity index (χ0) is 12.8. The first-order valence-corrected chi connectivity index (χ1v) is 5.59. The summed E-state index contributed by atoms with van der Waals surface area (Å²) in [6.45, 7) is 5.27. The molecule has 1 aromatic heterocycles. The number of esters is 1. The van der Waals surface area contributed by atoms with Gasteiger partial charge >= 0.3 is 5.97 Å². The molecule has 0 bridgehead atoms. The summed E-state index contributed by atoms with van der Waals surface area (Å²) < 4.78 is 9.75. The summed E-state index contributed by atoms with van der Waals surface area (Å²) in [6.07, 6.45) is 1.47. The highest BCUT2D eigenvalue weighted by atomic mass is 16.5. The zero-order valence-corrected chi connectivity index (χ0v) is 10.5. The normalized spacial score (nSPS) is 11.2. The molecular formula is C12H19NO4. The summed E-state index contributed by atoms with van der Waals surface area (Å²) in [5.74, 6) is -0.242. The minimum absolute atomic E-state index is 0.0869. The summed E-state index contributed by atoms with van der Waals surface area (Å²) in [4.78, 5) is 13.5. The van der Waals surface area contributed by atoms with Crippen LogP contribution >= 0.6 is 0 Å². The molecule has 0 aliphatic carbocycles. The van der Waals surface area contributed by atoms with Crippen molar-refractivity contribution in [3.8, 4) is 0 Å². The Morgan fingerprint density at radius 3 is 2.82 bits per heavy atom. The first-order chi connectivity index (χ1) is 8.10. The Labute approximate surface area is 101 Å². The number of aliphatic hydroxyl groups is 1. The van der Waals surface area contributed by atoms with Crippen LogP contribution < -0.4 is 0 Å². The van der Waals surface area contributed by atoms with Crippen molar-refractivity contribution in [2.24, 2.45) is 0 Å². The number of ether oxygens (including phenoxy) is 1. The third-order valence-electron chi connectivity index (χ3n) is 2.61. The topological polar surface area (TPSA) is 62.9 Å². The average molecular weight is 241 g/mol. The van der Waals surface area contributed by atoms with E-state index in [0.717, 1.165) is 5.56 Å². The molecule has 1 rings (SSSR count). The minimum atomic E-state index is -0.474. The molecule has 96 valence electrons. The molecule has 0 amide bonds. The molecule has 0 saturated carbocycles. The maximum atomic E-state index is 11.4. The van der Waals surface area contributed by atoms with Crippen molar-refractivity contribution in [3.05, 3.63) is 23.7 Å². The van der Waals surface area contributed by atoms with Crippen LogP contribution in [0.1, 0.15) is 30.0 Å². The standard InChI is InChI=1S/C12H19NO4/c1-9(2)13(5-6-14)8-10-4-7-17-11(10)12(15)16-3/h4,7,9,14H,5-6,8H2,1-3H3. The molecule has 17 heavy (non-hydrogen) atoms. The molecule has 5 heteroatoms. The number of carbonyl (C=O) groups excluding carboxylic acids is 1. The Kier molecular flexibility index (Phi) is 5.18. The van der Waals surface area contributed by atoms with Crippen molar-refractivity contribution in [1.29, 1.82) is 0 Å². The molecular weight excluding hydrogens is 222 g/mol. The second-order valence-electron chi connectivity index (χ2n) is 4.05. The Balaban J connectivity index is 2.79. The molecule has 0 spiro atoms. The second kappa shape index (κ2) is 6.42. The number of carbonyl (C=O) groups is 1. The average Bonchev–Trinajstić information content (AvgIpc) is 2.75. The van der Waals surface area contributed by atoms with Crippen LogP contribution in [-0.2, 0) is 11.3 Å². The molecule has 0 aliphatic heterocycles. The molecule has 0 radical (unpaired) electrons. The van der Waals surface area contributed by atoms with Gasteiger partial charge < -0.3 is 14.3 Å². The summed E-state index contributed by atoms with van der Waals surface area (Å²) in [5.41, 5.74) is 0.777. The van der Waals surface area contributed by atoms with Gasteiger partial charge in [0.05, 0.1) is 20.0 Å². The Bertz CT molecular complexity index is 359. The van der Waals surface area contributed by atoms with Crippen molar-refractivity contribution >= 4 is 5.97 Å². The molecule has 0 aromatic carbocycles. The maximum Gasteiger partial charge on any atom is 0.374 e. The van der Waals surface area contributed by atoms with E-state index in [4.69, 9.17) is 9.52 Å². The third-order valence-corrected chi connectivity index (χ3v) is 2.61. The highest BCUT2D eigenvalue weighted by molar-refractivity contribution is 5.87. The van der Waals surface area contributed by atoms with E-state index in [1.165, 1.54) is 13.4 Å². The minimum Gasteiger partial charge on any atom is -0.463 e. The van der Waals surface area contributed by atoms with Gasteiger partial charge in [-0.1, -0.05) is 0 Å². The summed E-state index contributed by atoms with van der Waals surface area (Å²) >= 11 is 0. The lowest BCUT2D eigenvalue weighted by atomic mass is 10.2. The Morgan fingerprint density at radius 2 is 2.29 bits per heavy atom. The molecule has 0 fully saturated rings. The second-order valence-corrected chi connectivity index (χ2v) is 4.05. The number of nitrogens with zero attached hydrogens (tertiary/aromatic N) is 1. The van der Waals surface area contributed by atoms with Gasteiger partial charge in [-0.2, -0.15) is 0 Å². The number of hydrogen-bond donors (Lipinski definition) is 1. The van der Waals surface area contributed by atoms with Crippen LogP contribution in [0.3, 0.4) is 0 Å². The van der Waals surface area contributed by atoms with E-state index in [-0.39, 0.29) is 18.4 Å². The third kappa shape index (κ3) is 3.57. The number of hydrogen-bond acceptors (Lipinski definition) is 5. The molecule has 0 unspecified atom stereocenters. The van der Waals surface area contributed by atoms with Crippen molar-refractivity contribution in [1.82, 2.24) is 4.90 Å². The molecule has 1 N–H and O–H groups in total. The summed E-state index contributed by atoms with van der Waals surface area (Å²) in [7, 11) is 1.32. The van der Waals surface area contributed by atoms with Crippen molar-refractivity contribution in [2.45, 2.75) is 26.4 Å². The van der Waals surface area contributed by atoms with E-state index in [2.05, 4.69) is 9.64 Å². The SMILES string of the molecule is COC(=O)c1occc1CN(CCO)C(C)C. The van der Waals surface area contributed by atoms with E-state index >= 15 is 0 Å². The van der Waals surface area contributed by atoms with E-state index in [1.54, 1.807) is 6.07 Å². The number of rotatable bonds is 6. The first-order valence-electron chi connectivity index (χ1n) is 5.59. The van der Waals surface area contributed by atoms with Gasteiger partial charge in [0.2, 0.25) is 5.76 Å². The van der Waals surface area contributed by atoms with Gasteiger partial charge in [0.15, 0.2) is 0 Å². The van der Waals surface area contributed by atoms with Crippen LogP contribution in [0.5, 0.6) is 0 Å². The lowest BCUT2D eigenvalue weighted by molar-refractivity contribution is 0.0560.